The predicted molar refractivity (Wildman–Crippen MR) is 326 cm³/mol. The van der Waals surface area contributed by atoms with E-state index >= 15 is 0 Å². The Balaban J connectivity index is 1.19. The van der Waals surface area contributed by atoms with Gasteiger partial charge in [-0.05, 0) is 198 Å². The van der Waals surface area contributed by atoms with Crippen LogP contribution in [-0.2, 0) is 35.7 Å². The van der Waals surface area contributed by atoms with Crippen LogP contribution in [0.5, 0.6) is 0 Å². The monoisotopic (exact) mass is 1080 g/mol. The first kappa shape index (κ1) is 54.3. The molecule has 9 aromatic carbocycles. The van der Waals surface area contributed by atoms with E-state index in [1.54, 1.807) is 20.8 Å². The maximum atomic E-state index is 14.0. The Bertz CT molecular complexity index is 3540. The van der Waals surface area contributed by atoms with Crippen molar-refractivity contribution in [1.82, 2.24) is 0 Å². The zero-order chi connectivity index (χ0) is 53.7. The minimum atomic E-state index is -3.48. The van der Waals surface area contributed by atoms with Crippen LogP contribution >= 0.6 is 0 Å². The first-order valence-electron chi connectivity index (χ1n) is 26.6. The lowest BCUT2D eigenvalue weighted by atomic mass is 9.89. The number of rotatable bonds is 20. The quantitative estimate of drug-likeness (QED) is 0.0427. The van der Waals surface area contributed by atoms with Crippen molar-refractivity contribution in [3.63, 3.8) is 0 Å². The Morgan fingerprint density at radius 2 is 0.480 bits per heavy atom. The van der Waals surface area contributed by atoms with Gasteiger partial charge in [0.15, 0.2) is 34.0 Å². The van der Waals surface area contributed by atoms with Crippen LogP contribution in [0.1, 0.15) is 68.5 Å². The second-order valence-electron chi connectivity index (χ2n) is 23.0. The Hall–Kier alpha value is -5.53. The smallest absolute Gasteiger partial charge is 0.317 e. The van der Waals surface area contributed by atoms with Gasteiger partial charge in [0.1, 0.15) is 0 Å². The first-order valence-corrected chi connectivity index (χ1v) is 41.0. The van der Waals surface area contributed by atoms with E-state index in [1.807, 2.05) is 36.4 Å². The van der Waals surface area contributed by atoms with Gasteiger partial charge in [-0.1, -0.05) is 146 Å². The molecule has 9 aromatic rings. The van der Waals surface area contributed by atoms with Gasteiger partial charge in [0.2, 0.25) is 0 Å². The molecule has 0 aromatic heterocycles. The number of fused-ring (bicyclic) bond motifs is 9. The lowest BCUT2D eigenvalue weighted by Crippen LogP contribution is -2.61. The van der Waals surface area contributed by atoms with E-state index in [9.17, 15) is 14.4 Å². The second-order valence-corrected chi connectivity index (χ2v) is 43.1. The van der Waals surface area contributed by atoms with E-state index in [1.165, 1.54) is 0 Å². The topological polar surface area (TPSA) is 88.1 Å². The molecular weight excluding hydrogens is 1010 g/mol. The van der Waals surface area contributed by atoms with E-state index < -0.39 is 42.3 Å². The Morgan fingerprint density at radius 3 is 0.693 bits per heavy atom. The summed E-state index contributed by atoms with van der Waals surface area (Å²) in [6.07, 6.45) is 1.68. The van der Waals surface area contributed by atoms with Crippen molar-refractivity contribution >= 4 is 124 Å². The summed E-state index contributed by atoms with van der Waals surface area (Å²) in [6.45, 7) is 25.0. The zero-order valence-corrected chi connectivity index (χ0v) is 51.0. The van der Waals surface area contributed by atoms with Crippen molar-refractivity contribution in [2.45, 2.75) is 117 Å². The summed E-state index contributed by atoms with van der Waals surface area (Å²) in [5.74, 6) is 0.0878. The molecule has 9 rings (SSSR count). The molecule has 7 nitrogen and oxygen atoms in total. The van der Waals surface area contributed by atoms with Crippen molar-refractivity contribution in [3.05, 3.63) is 179 Å². The highest BCUT2D eigenvalue weighted by Gasteiger charge is 2.51. The molecule has 0 saturated carbocycles. The summed E-state index contributed by atoms with van der Waals surface area (Å²) in [6, 6.07) is 51.7. The number of ketones is 3. The molecule has 0 heterocycles. The summed E-state index contributed by atoms with van der Waals surface area (Å²) in [5, 5.41) is 12.6. The van der Waals surface area contributed by atoms with Gasteiger partial charge >= 0.3 is 25.7 Å². The van der Waals surface area contributed by atoms with Crippen molar-refractivity contribution in [3.8, 4) is 0 Å². The molecule has 0 N–H and O–H groups in total. The van der Waals surface area contributed by atoms with E-state index in [0.29, 0.717) is 37.4 Å². The number of Topliss-reactive ketones (excluding diaryl/α,β-unsaturated/α-hetero) is 3. The maximum absolute atomic E-state index is 14.0. The van der Waals surface area contributed by atoms with Gasteiger partial charge in [-0.25, -0.2) is 0 Å². The summed E-state index contributed by atoms with van der Waals surface area (Å²) >= 11 is 0. The molecule has 0 aliphatic heterocycles. The van der Waals surface area contributed by atoms with Crippen LogP contribution < -0.4 is 0 Å². The van der Waals surface area contributed by atoms with Crippen LogP contribution in [-0.4, -0.2) is 59.7 Å². The fourth-order valence-electron chi connectivity index (χ4n) is 12.3. The molecule has 0 amide bonds. The number of aryl methyl sites for hydroxylation is 3. The molecule has 0 fully saturated rings. The van der Waals surface area contributed by atoms with Crippen molar-refractivity contribution < 1.29 is 30.8 Å². The van der Waals surface area contributed by atoms with E-state index in [0.717, 1.165) is 98.0 Å². The largest absolute Gasteiger partial charge is 0.437 e. The van der Waals surface area contributed by atoms with Gasteiger partial charge in [-0.3, -0.25) is 14.4 Å². The molecule has 0 saturated heterocycles. The van der Waals surface area contributed by atoms with E-state index in [2.05, 4.69) is 168 Å². The average molecular weight is 1080 g/mol. The normalized spacial score (nSPS) is 14.9. The lowest BCUT2D eigenvalue weighted by molar-refractivity contribution is 0.101. The highest BCUT2D eigenvalue weighted by Crippen LogP contribution is 2.42. The molecule has 0 radical (unpaired) electrons. The lowest BCUT2D eigenvalue weighted by Gasteiger charge is -2.45. The van der Waals surface area contributed by atoms with Gasteiger partial charge in [0.05, 0.1) is 0 Å². The molecule has 0 spiro atoms. The Labute approximate surface area is 448 Å². The summed E-state index contributed by atoms with van der Waals surface area (Å²) in [7, 11) is -14.7. The second kappa shape index (κ2) is 21.1. The fourth-order valence-corrected chi connectivity index (χ4v) is 36.1. The molecule has 2 atom stereocenters. The average Bonchev–Trinajstić information content (AvgIpc) is 3.35. The van der Waals surface area contributed by atoms with Crippen molar-refractivity contribution in [1.29, 1.82) is 0 Å². The van der Waals surface area contributed by atoms with Gasteiger partial charge in [0.25, 0.3) is 0 Å². The SMILES string of the molecule is CC(=O)c1c(CC[Si](C)(O[Si](C)(C)C)O[Si](C)(CCc2c(C(C)=O)c3ccccc3c3ccccc23)O[Si](C)(CCc2c(C(C)=O)c3ccccc3c3ccccc23)O[Si](C)(C)C)c2ccccc2c2ccccc12. The highest BCUT2D eigenvalue weighted by molar-refractivity contribution is 6.91. The van der Waals surface area contributed by atoms with Crippen LogP contribution in [0, 0.1) is 0 Å². The predicted octanol–water partition coefficient (Wildman–Crippen LogP) is 17.2. The van der Waals surface area contributed by atoms with Gasteiger partial charge in [-0.2, -0.15) is 0 Å². The molecule has 2 unspecified atom stereocenters. The van der Waals surface area contributed by atoms with Crippen LogP contribution in [0.3, 0.4) is 0 Å². The van der Waals surface area contributed by atoms with Crippen molar-refractivity contribution in [2.75, 3.05) is 0 Å². The number of carbonyl (C=O) groups is 3. The minimum Gasteiger partial charge on any atom is -0.437 e. The maximum Gasteiger partial charge on any atom is 0.317 e. The Kier molecular flexibility index (Phi) is 15.3. The molecule has 0 aliphatic carbocycles. The van der Waals surface area contributed by atoms with Crippen LogP contribution in [0.2, 0.25) is 77.1 Å². The van der Waals surface area contributed by atoms with E-state index in [-0.39, 0.29) is 17.3 Å². The van der Waals surface area contributed by atoms with Gasteiger partial charge < -0.3 is 16.5 Å². The standard InChI is InChI=1S/C63H72O7Si5/c1-43(64)61-55-34-22-19-28-49(55)46-25-13-16-31-52(46)58(61)37-40-73(10,67-71(4,5)6)69-75(12,42-39-60-54-33-18-15-27-48(54)51-30-21-24-36-57(51)63(60)45(3)66)70-74(11,68-72(7,8)9)41-38-59-53-32-17-14-26-47(53)50-29-20-23-35-56(50)62(59)44(2)65/h13-36H,37-42H2,1-12H3. The summed E-state index contributed by atoms with van der Waals surface area (Å²) in [4.78, 5) is 41.8. The number of carbonyl (C=O) groups excluding carboxylic acids is 3. The highest BCUT2D eigenvalue weighted by atomic mass is 28.5. The molecule has 0 aliphatic rings. The third-order valence-electron chi connectivity index (χ3n) is 14.6. The summed E-state index contributed by atoms with van der Waals surface area (Å²) < 4.78 is 31.0. The van der Waals surface area contributed by atoms with Crippen molar-refractivity contribution in [2.24, 2.45) is 0 Å². The van der Waals surface area contributed by atoms with Crippen LogP contribution in [0.25, 0.3) is 64.6 Å². The van der Waals surface area contributed by atoms with Gasteiger partial charge in [0, 0.05) is 16.7 Å². The number of benzene rings is 9. The number of hydrogen-bond acceptors (Lipinski definition) is 7. The van der Waals surface area contributed by atoms with Crippen LogP contribution in [0.4, 0.5) is 0 Å². The molecular formula is C63H72O7Si5. The van der Waals surface area contributed by atoms with Crippen LogP contribution in [0.15, 0.2) is 146 Å². The number of hydrogen-bond donors (Lipinski definition) is 0. The fraction of sp³-hybridized carbons (Fsp3) is 0.286. The minimum absolute atomic E-state index is 0.0208. The molecule has 386 valence electrons. The first-order chi connectivity index (χ1) is 35.5. The molecule has 75 heavy (non-hydrogen) atoms. The third kappa shape index (κ3) is 11.5. The molecule has 0 bridgehead atoms. The molecule has 12 heteroatoms. The third-order valence-corrected chi connectivity index (χ3v) is 33.3. The summed E-state index contributed by atoms with van der Waals surface area (Å²) in [5.41, 5.74) is 5.26. The zero-order valence-electron chi connectivity index (χ0n) is 46.0. The Morgan fingerprint density at radius 1 is 0.293 bits per heavy atom. The van der Waals surface area contributed by atoms with E-state index in [4.69, 9.17) is 16.5 Å². The van der Waals surface area contributed by atoms with Gasteiger partial charge in [-0.15, -0.1) is 0 Å².